The molecule has 216 valence electrons. The number of hydrogen-bond acceptors (Lipinski definition) is 6. The van der Waals surface area contributed by atoms with Crippen LogP contribution in [0.5, 0.6) is 5.75 Å². The van der Waals surface area contributed by atoms with E-state index in [1.165, 1.54) is 0 Å². The Kier molecular flexibility index (Phi) is 7.57. The number of nitrogens with zero attached hydrogens (tertiary/aromatic N) is 4. The molecular formula is C32H39N5O4. The average Bonchev–Trinajstić information content (AvgIpc) is 3.50. The van der Waals surface area contributed by atoms with Gasteiger partial charge in [0.25, 0.3) is 5.56 Å². The third-order valence-corrected chi connectivity index (χ3v) is 9.46. The van der Waals surface area contributed by atoms with Crippen LogP contribution in [0.25, 0.3) is 11.3 Å². The Morgan fingerprint density at radius 2 is 1.88 bits per heavy atom. The van der Waals surface area contributed by atoms with E-state index in [1.54, 1.807) is 24.1 Å². The fraction of sp³-hybridized carbons (Fsp3) is 0.469. The molecule has 3 fully saturated rings. The number of piperazine rings is 1. The number of urea groups is 1. The molecule has 1 aliphatic carbocycles. The van der Waals surface area contributed by atoms with Gasteiger partial charge in [-0.05, 0) is 37.0 Å². The molecule has 6 rings (SSSR count). The Labute approximate surface area is 240 Å². The predicted octanol–water partition coefficient (Wildman–Crippen LogP) is 3.68. The summed E-state index contributed by atoms with van der Waals surface area (Å²) in [5.74, 6) is 0.773. The van der Waals surface area contributed by atoms with Crippen molar-refractivity contribution in [2.75, 3.05) is 39.8 Å². The SMILES string of the molecule is COc1cccc(C2CNCCN2C(=O)N2CCC(O)(Cn3cnc(-c4ccccc4)cc3=O)C3(CCCC3)C2)c1. The topological polar surface area (TPSA) is 99.9 Å². The van der Waals surface area contributed by atoms with E-state index in [9.17, 15) is 14.7 Å². The second-order valence-electron chi connectivity index (χ2n) is 11.8. The van der Waals surface area contributed by atoms with Gasteiger partial charge in [-0.2, -0.15) is 0 Å². The Morgan fingerprint density at radius 3 is 2.63 bits per heavy atom. The molecule has 3 aliphatic rings. The number of nitrogens with one attached hydrogen (secondary N) is 1. The maximum atomic E-state index is 14.1. The highest BCUT2D eigenvalue weighted by atomic mass is 16.5. The van der Waals surface area contributed by atoms with Crippen LogP contribution in [0.4, 0.5) is 4.79 Å². The molecule has 41 heavy (non-hydrogen) atoms. The molecule has 9 heteroatoms. The smallest absolute Gasteiger partial charge is 0.320 e. The molecule has 2 atom stereocenters. The van der Waals surface area contributed by atoms with Gasteiger partial charge in [-0.15, -0.1) is 0 Å². The Balaban J connectivity index is 1.22. The normalized spacial score (nSPS) is 24.0. The van der Waals surface area contributed by atoms with Crippen LogP contribution in [0.2, 0.25) is 0 Å². The molecule has 0 bridgehead atoms. The van der Waals surface area contributed by atoms with E-state index in [-0.39, 0.29) is 24.2 Å². The fourth-order valence-corrected chi connectivity index (χ4v) is 7.12. The van der Waals surface area contributed by atoms with Crippen LogP contribution >= 0.6 is 0 Å². The number of aliphatic hydroxyl groups is 1. The maximum absolute atomic E-state index is 14.1. The summed E-state index contributed by atoms with van der Waals surface area (Å²) in [4.78, 5) is 35.7. The van der Waals surface area contributed by atoms with Crippen LogP contribution in [0.3, 0.4) is 0 Å². The number of amides is 2. The molecule has 2 unspecified atom stereocenters. The minimum Gasteiger partial charge on any atom is -0.497 e. The zero-order valence-corrected chi connectivity index (χ0v) is 23.7. The molecule has 2 aliphatic heterocycles. The molecule has 1 saturated carbocycles. The number of carbonyl (C=O) groups is 1. The number of rotatable bonds is 5. The van der Waals surface area contributed by atoms with Crippen LogP contribution < -0.4 is 15.6 Å². The molecule has 3 aromatic rings. The Hall–Kier alpha value is -3.69. The van der Waals surface area contributed by atoms with E-state index in [2.05, 4.69) is 10.3 Å². The number of likely N-dealkylation sites (tertiary alicyclic amines) is 1. The van der Waals surface area contributed by atoms with Gasteiger partial charge in [-0.3, -0.25) is 9.36 Å². The number of methoxy groups -OCH3 is 1. The largest absolute Gasteiger partial charge is 0.497 e. The van der Waals surface area contributed by atoms with Gasteiger partial charge in [-0.25, -0.2) is 9.78 Å². The molecule has 2 saturated heterocycles. The van der Waals surface area contributed by atoms with Gasteiger partial charge in [0.2, 0.25) is 0 Å². The predicted molar refractivity (Wildman–Crippen MR) is 157 cm³/mol. The van der Waals surface area contributed by atoms with Crippen molar-refractivity contribution in [1.29, 1.82) is 0 Å². The lowest BCUT2D eigenvalue weighted by Crippen LogP contribution is -2.64. The molecule has 3 heterocycles. The van der Waals surface area contributed by atoms with Crippen molar-refractivity contribution in [3.63, 3.8) is 0 Å². The van der Waals surface area contributed by atoms with E-state index in [1.807, 2.05) is 64.4 Å². The van der Waals surface area contributed by atoms with Gasteiger partial charge in [0.1, 0.15) is 5.75 Å². The lowest BCUT2D eigenvalue weighted by molar-refractivity contribution is -0.137. The van der Waals surface area contributed by atoms with Crippen LogP contribution in [0.1, 0.15) is 43.7 Å². The monoisotopic (exact) mass is 557 g/mol. The summed E-state index contributed by atoms with van der Waals surface area (Å²) in [5, 5.41) is 15.7. The second-order valence-corrected chi connectivity index (χ2v) is 11.8. The van der Waals surface area contributed by atoms with Crippen molar-refractivity contribution >= 4 is 6.03 Å². The van der Waals surface area contributed by atoms with Crippen molar-refractivity contribution < 1.29 is 14.6 Å². The molecule has 1 aromatic heterocycles. The molecule has 0 radical (unpaired) electrons. The Bertz CT molecular complexity index is 1440. The third kappa shape index (κ3) is 5.24. The van der Waals surface area contributed by atoms with E-state index in [0.29, 0.717) is 38.3 Å². The molecular weight excluding hydrogens is 518 g/mol. The first-order valence-electron chi connectivity index (χ1n) is 14.7. The summed E-state index contributed by atoms with van der Waals surface area (Å²) in [6.45, 7) is 3.14. The van der Waals surface area contributed by atoms with E-state index < -0.39 is 11.0 Å². The number of hydrogen-bond donors (Lipinski definition) is 2. The van der Waals surface area contributed by atoms with Gasteiger partial charge in [0.15, 0.2) is 0 Å². The lowest BCUT2D eigenvalue weighted by Gasteiger charge is -2.53. The number of ether oxygens (including phenoxy) is 1. The number of benzene rings is 2. The first-order valence-corrected chi connectivity index (χ1v) is 14.7. The molecule has 1 spiro atoms. The van der Waals surface area contributed by atoms with Crippen LogP contribution in [-0.2, 0) is 6.54 Å². The van der Waals surface area contributed by atoms with Crippen molar-refractivity contribution in [3.05, 3.63) is 82.9 Å². The van der Waals surface area contributed by atoms with Crippen LogP contribution in [-0.4, -0.2) is 75.9 Å². The summed E-state index contributed by atoms with van der Waals surface area (Å²) in [6, 6.07) is 19.0. The van der Waals surface area contributed by atoms with Gasteiger partial charge in [0.05, 0.1) is 37.3 Å². The average molecular weight is 558 g/mol. The highest BCUT2D eigenvalue weighted by Gasteiger charge is 2.56. The molecule has 2 aromatic carbocycles. The fourth-order valence-electron chi connectivity index (χ4n) is 7.12. The number of carbonyl (C=O) groups excluding carboxylic acids is 1. The third-order valence-electron chi connectivity index (χ3n) is 9.46. The first-order chi connectivity index (χ1) is 19.9. The summed E-state index contributed by atoms with van der Waals surface area (Å²) in [6.07, 6.45) is 5.65. The second kappa shape index (κ2) is 11.3. The van der Waals surface area contributed by atoms with Crippen LogP contribution in [0.15, 0.2) is 71.8 Å². The minimum absolute atomic E-state index is 0.0127. The van der Waals surface area contributed by atoms with E-state index in [4.69, 9.17) is 4.74 Å². The highest BCUT2D eigenvalue weighted by Crippen LogP contribution is 2.51. The van der Waals surface area contributed by atoms with Crippen molar-refractivity contribution in [2.24, 2.45) is 5.41 Å². The maximum Gasteiger partial charge on any atom is 0.320 e. The Morgan fingerprint density at radius 1 is 1.07 bits per heavy atom. The summed E-state index contributed by atoms with van der Waals surface area (Å²) < 4.78 is 6.98. The standard InChI is InChI=1S/C32H39N5O4/c1-41-26-11-7-10-25(18-26)28-20-33-15-17-37(28)30(39)35-16-14-32(40,31(21-35)12-5-6-13-31)22-36-23-34-27(19-29(36)38)24-8-3-2-4-9-24/h2-4,7-11,18-19,23,28,33,40H,5-6,12-17,20-22H2,1H3. The molecule has 9 nitrogen and oxygen atoms in total. The summed E-state index contributed by atoms with van der Waals surface area (Å²) in [7, 11) is 1.65. The van der Waals surface area contributed by atoms with Crippen molar-refractivity contribution in [3.8, 4) is 17.0 Å². The zero-order chi connectivity index (χ0) is 28.5. The van der Waals surface area contributed by atoms with E-state index >= 15 is 0 Å². The zero-order valence-electron chi connectivity index (χ0n) is 23.7. The van der Waals surface area contributed by atoms with Gasteiger partial charge in [0, 0.05) is 49.8 Å². The quantitative estimate of drug-likeness (QED) is 0.497. The summed E-state index contributed by atoms with van der Waals surface area (Å²) >= 11 is 0. The van der Waals surface area contributed by atoms with Crippen LogP contribution in [0, 0.1) is 5.41 Å². The number of aromatic nitrogens is 2. The minimum atomic E-state index is -1.10. The van der Waals surface area contributed by atoms with Crippen molar-refractivity contribution in [2.45, 2.75) is 50.3 Å². The van der Waals surface area contributed by atoms with Gasteiger partial charge in [-0.1, -0.05) is 55.3 Å². The van der Waals surface area contributed by atoms with Gasteiger partial charge < -0.3 is 25.0 Å². The summed E-state index contributed by atoms with van der Waals surface area (Å²) in [5.41, 5.74) is 0.806. The van der Waals surface area contributed by atoms with Gasteiger partial charge >= 0.3 is 6.03 Å². The molecule has 2 amide bonds. The first kappa shape index (κ1) is 27.5. The van der Waals surface area contributed by atoms with Crippen molar-refractivity contribution in [1.82, 2.24) is 24.7 Å². The lowest BCUT2D eigenvalue weighted by atomic mass is 9.66. The number of piperidine rings is 1. The molecule has 2 N–H and O–H groups in total. The van der Waals surface area contributed by atoms with E-state index in [0.717, 1.165) is 49.1 Å². The highest BCUT2D eigenvalue weighted by molar-refractivity contribution is 5.75.